The number of ether oxygens (including phenoxy) is 5. The van der Waals surface area contributed by atoms with Crippen LogP contribution in [0.3, 0.4) is 0 Å². The van der Waals surface area contributed by atoms with Gasteiger partial charge in [0.25, 0.3) is 0 Å². The third-order valence-corrected chi connectivity index (χ3v) is 5.72. The number of hydrogen-bond acceptors (Lipinski definition) is 9. The Hall–Kier alpha value is -4.49. The summed E-state index contributed by atoms with van der Waals surface area (Å²) < 4.78 is 27.3. The van der Waals surface area contributed by atoms with Crippen molar-refractivity contribution >= 4 is 34.3 Å². The van der Waals surface area contributed by atoms with Crippen LogP contribution in [0.4, 0.5) is 11.4 Å². The molecule has 10 nitrogen and oxygen atoms in total. The van der Waals surface area contributed by atoms with Crippen LogP contribution in [0.15, 0.2) is 36.5 Å². The molecule has 0 saturated carbocycles. The fourth-order valence-corrected chi connectivity index (χ4v) is 3.75. The summed E-state index contributed by atoms with van der Waals surface area (Å²) in [6.45, 7) is 0.970. The van der Waals surface area contributed by atoms with E-state index in [1.54, 1.807) is 57.6 Å². The van der Waals surface area contributed by atoms with Crippen molar-refractivity contribution in [2.45, 2.75) is 0 Å². The van der Waals surface area contributed by atoms with Crippen LogP contribution in [0, 0.1) is 11.3 Å². The van der Waals surface area contributed by atoms with Crippen molar-refractivity contribution in [1.82, 2.24) is 9.88 Å². The number of aromatic nitrogens is 1. The summed E-state index contributed by atoms with van der Waals surface area (Å²) in [4.78, 5) is 18.3. The number of nitrogens with zero attached hydrogens (tertiary/aromatic N) is 3. The molecule has 1 N–H and O–H groups in total. The predicted molar refractivity (Wildman–Crippen MR) is 134 cm³/mol. The molecule has 2 heterocycles. The van der Waals surface area contributed by atoms with E-state index in [-0.39, 0.29) is 12.7 Å². The molecular weight excluding hydrogens is 464 g/mol. The van der Waals surface area contributed by atoms with Crippen molar-refractivity contribution in [2.75, 3.05) is 53.6 Å². The van der Waals surface area contributed by atoms with Crippen molar-refractivity contribution in [3.63, 3.8) is 0 Å². The zero-order chi connectivity index (χ0) is 25.7. The number of pyridine rings is 1. The van der Waals surface area contributed by atoms with Gasteiger partial charge in [-0.2, -0.15) is 5.26 Å². The molecule has 10 heteroatoms. The summed E-state index contributed by atoms with van der Waals surface area (Å²) in [6, 6.07) is 9.32. The van der Waals surface area contributed by atoms with E-state index >= 15 is 0 Å². The molecule has 0 saturated heterocycles. The minimum atomic E-state index is -0.159. The normalized spacial score (nSPS) is 12.0. The third kappa shape index (κ3) is 4.82. The quantitative estimate of drug-likeness (QED) is 0.448. The number of nitrogens with one attached hydrogen (secondary N) is 1. The van der Waals surface area contributed by atoms with Crippen molar-refractivity contribution < 1.29 is 28.5 Å². The maximum Gasteiger partial charge on any atom is 0.246 e. The smallest absolute Gasteiger partial charge is 0.246 e. The number of hydrogen-bond donors (Lipinski definition) is 1. The van der Waals surface area contributed by atoms with Crippen LogP contribution in [0.5, 0.6) is 23.0 Å². The zero-order valence-electron chi connectivity index (χ0n) is 20.5. The molecule has 0 unspecified atom stereocenters. The van der Waals surface area contributed by atoms with Crippen LogP contribution in [-0.2, 0) is 9.53 Å². The fourth-order valence-electron chi connectivity index (χ4n) is 3.75. The standard InChI is InChI=1S/C26H26N4O6/c1-30(9-10-32-2)23(31)8-6-16-5-7-19(26-25(16)35-15-36-26)29-24-17(13-27)14-28-20-12-22(34-4)21(33-3)11-18(20)24/h5-8,11-12,14H,9-10,15H2,1-4H3,(H,28,29). The highest BCUT2D eigenvalue weighted by Gasteiger charge is 2.23. The molecule has 186 valence electrons. The summed E-state index contributed by atoms with van der Waals surface area (Å²) in [7, 11) is 6.39. The van der Waals surface area contributed by atoms with Gasteiger partial charge >= 0.3 is 0 Å². The lowest BCUT2D eigenvalue weighted by Gasteiger charge is -2.16. The summed E-state index contributed by atoms with van der Waals surface area (Å²) in [5.74, 6) is 1.86. The average molecular weight is 491 g/mol. The molecule has 0 atom stereocenters. The van der Waals surface area contributed by atoms with E-state index < -0.39 is 0 Å². The number of anilines is 2. The number of fused-ring (bicyclic) bond motifs is 2. The maximum absolute atomic E-state index is 12.4. The highest BCUT2D eigenvalue weighted by atomic mass is 16.7. The second-order valence-electron chi connectivity index (χ2n) is 7.86. The third-order valence-electron chi connectivity index (χ3n) is 5.72. The molecule has 3 aromatic rings. The minimum Gasteiger partial charge on any atom is -0.493 e. The number of methoxy groups -OCH3 is 3. The van der Waals surface area contributed by atoms with E-state index in [1.165, 1.54) is 12.3 Å². The monoisotopic (exact) mass is 490 g/mol. The van der Waals surface area contributed by atoms with Crippen LogP contribution < -0.4 is 24.3 Å². The van der Waals surface area contributed by atoms with Crippen molar-refractivity contribution in [1.29, 1.82) is 5.26 Å². The number of amides is 1. The van der Waals surface area contributed by atoms with Gasteiger partial charge in [0.05, 0.1) is 43.3 Å². The average Bonchev–Trinajstić information content (AvgIpc) is 3.41. The Morgan fingerprint density at radius 3 is 2.67 bits per heavy atom. The number of carbonyl (C=O) groups excluding carboxylic acids is 1. The number of likely N-dealkylation sites (N-methyl/N-ethyl adjacent to an activating group) is 1. The Kier molecular flexibility index (Phi) is 7.42. The van der Waals surface area contributed by atoms with Crippen LogP contribution in [0.1, 0.15) is 11.1 Å². The van der Waals surface area contributed by atoms with Gasteiger partial charge in [-0.15, -0.1) is 0 Å². The molecule has 36 heavy (non-hydrogen) atoms. The Balaban J connectivity index is 1.70. The highest BCUT2D eigenvalue weighted by Crippen LogP contribution is 2.45. The molecular formula is C26H26N4O6. The van der Waals surface area contributed by atoms with Gasteiger partial charge in [-0.1, -0.05) is 0 Å². The summed E-state index contributed by atoms with van der Waals surface area (Å²) >= 11 is 0. The second kappa shape index (κ2) is 10.8. The van der Waals surface area contributed by atoms with Gasteiger partial charge in [0.1, 0.15) is 6.07 Å². The van der Waals surface area contributed by atoms with E-state index in [0.29, 0.717) is 69.6 Å². The first kappa shape index (κ1) is 24.6. The molecule has 4 rings (SSSR count). The molecule has 2 aromatic carbocycles. The first-order valence-electron chi connectivity index (χ1n) is 11.1. The minimum absolute atomic E-state index is 0.0315. The lowest BCUT2D eigenvalue weighted by Crippen LogP contribution is -2.28. The van der Waals surface area contributed by atoms with Crippen LogP contribution in [-0.4, -0.2) is 64.1 Å². The molecule has 0 spiro atoms. The Labute approximate surface area is 208 Å². The van der Waals surface area contributed by atoms with E-state index in [4.69, 9.17) is 23.7 Å². The number of benzene rings is 2. The molecule has 0 bridgehead atoms. The van der Waals surface area contributed by atoms with Gasteiger partial charge in [0, 0.05) is 50.0 Å². The SMILES string of the molecule is COCCN(C)C(=O)C=Cc1ccc(Nc2c(C#N)cnc3cc(OC)c(OC)cc23)c2c1OCO2. The van der Waals surface area contributed by atoms with Gasteiger partial charge in [-0.05, 0) is 24.3 Å². The Morgan fingerprint density at radius 2 is 1.94 bits per heavy atom. The Morgan fingerprint density at radius 1 is 1.19 bits per heavy atom. The van der Waals surface area contributed by atoms with E-state index in [0.717, 1.165) is 0 Å². The van der Waals surface area contributed by atoms with Crippen molar-refractivity contribution in [3.8, 4) is 29.1 Å². The molecule has 1 amide bonds. The largest absolute Gasteiger partial charge is 0.493 e. The topological polar surface area (TPSA) is 115 Å². The molecule has 1 aromatic heterocycles. The number of nitriles is 1. The van der Waals surface area contributed by atoms with Gasteiger partial charge < -0.3 is 33.9 Å². The van der Waals surface area contributed by atoms with Gasteiger partial charge in [-0.25, -0.2) is 0 Å². The number of carbonyl (C=O) groups is 1. The lowest BCUT2D eigenvalue weighted by molar-refractivity contribution is -0.125. The first-order valence-corrected chi connectivity index (χ1v) is 11.1. The van der Waals surface area contributed by atoms with Gasteiger partial charge in [-0.3, -0.25) is 9.78 Å². The van der Waals surface area contributed by atoms with Crippen molar-refractivity contribution in [3.05, 3.63) is 47.7 Å². The fraction of sp³-hybridized carbons (Fsp3) is 0.269. The van der Waals surface area contributed by atoms with Crippen LogP contribution >= 0.6 is 0 Å². The van der Waals surface area contributed by atoms with Crippen LogP contribution in [0.25, 0.3) is 17.0 Å². The highest BCUT2D eigenvalue weighted by molar-refractivity contribution is 5.98. The molecule has 0 fully saturated rings. The van der Waals surface area contributed by atoms with E-state index in [1.807, 2.05) is 6.07 Å². The zero-order valence-corrected chi connectivity index (χ0v) is 20.5. The second-order valence-corrected chi connectivity index (χ2v) is 7.86. The summed E-state index contributed by atoms with van der Waals surface area (Å²) in [5, 5.41) is 13.7. The lowest BCUT2D eigenvalue weighted by atomic mass is 10.1. The molecule has 1 aliphatic heterocycles. The summed E-state index contributed by atoms with van der Waals surface area (Å²) in [5.41, 5.74) is 2.80. The summed E-state index contributed by atoms with van der Waals surface area (Å²) in [6.07, 6.45) is 4.66. The van der Waals surface area contributed by atoms with Gasteiger partial charge in [0.15, 0.2) is 23.0 Å². The Bertz CT molecular complexity index is 1370. The number of rotatable bonds is 9. The molecule has 0 radical (unpaired) electrons. The van der Waals surface area contributed by atoms with Gasteiger partial charge in [0.2, 0.25) is 12.7 Å². The first-order chi connectivity index (χ1) is 17.5. The van der Waals surface area contributed by atoms with Crippen molar-refractivity contribution in [2.24, 2.45) is 0 Å². The molecule has 1 aliphatic rings. The van der Waals surface area contributed by atoms with Crippen LogP contribution in [0.2, 0.25) is 0 Å². The maximum atomic E-state index is 12.4. The van der Waals surface area contributed by atoms with E-state index in [2.05, 4.69) is 16.4 Å². The molecule has 0 aliphatic carbocycles. The van der Waals surface area contributed by atoms with E-state index in [9.17, 15) is 10.1 Å². The predicted octanol–water partition coefficient (Wildman–Crippen LogP) is 3.71.